The van der Waals surface area contributed by atoms with Crippen molar-refractivity contribution in [1.29, 1.82) is 0 Å². The van der Waals surface area contributed by atoms with E-state index in [2.05, 4.69) is 21.2 Å². The maximum Gasteiger partial charge on any atom is 0.226 e. The van der Waals surface area contributed by atoms with E-state index in [0.717, 1.165) is 5.56 Å². The monoisotopic (exact) mass is 373 g/mol. The molecule has 1 aliphatic heterocycles. The minimum absolute atomic E-state index is 0.0181. The van der Waals surface area contributed by atoms with Gasteiger partial charge in [0.15, 0.2) is 11.5 Å². The maximum absolute atomic E-state index is 10.8. The lowest BCUT2D eigenvalue weighted by Gasteiger charge is -2.30. The number of nitrogens with one attached hydrogen (secondary N) is 1. The van der Waals surface area contributed by atoms with Crippen LogP contribution in [0.15, 0.2) is 18.2 Å². The molecule has 1 heterocycles. The lowest BCUT2D eigenvalue weighted by atomic mass is 10.2. The smallest absolute Gasteiger partial charge is 0.226 e. The number of amides is 1. The van der Waals surface area contributed by atoms with Crippen LogP contribution in [0.3, 0.4) is 0 Å². The third-order valence-electron chi connectivity index (χ3n) is 3.24. The van der Waals surface area contributed by atoms with Gasteiger partial charge in [-0.3, -0.25) is 4.79 Å². The molecule has 1 aromatic rings. The van der Waals surface area contributed by atoms with Crippen LogP contribution in [0.5, 0.6) is 11.5 Å². The summed E-state index contributed by atoms with van der Waals surface area (Å²) in [4.78, 5) is 10.8. The highest BCUT2D eigenvalue weighted by Crippen LogP contribution is 2.27. The van der Waals surface area contributed by atoms with Crippen LogP contribution in [0.25, 0.3) is 0 Å². The van der Waals surface area contributed by atoms with Crippen molar-refractivity contribution in [3.63, 3.8) is 0 Å². The van der Waals surface area contributed by atoms with Crippen LogP contribution >= 0.6 is 15.9 Å². The molecule has 2 atom stereocenters. The number of rotatable bonds is 9. The first-order chi connectivity index (χ1) is 10.7. The van der Waals surface area contributed by atoms with Gasteiger partial charge in [-0.25, -0.2) is 0 Å². The number of hydrogen-bond donors (Lipinski definition) is 1. The van der Waals surface area contributed by atoms with Gasteiger partial charge in [-0.1, -0.05) is 22.0 Å². The number of benzene rings is 1. The molecule has 0 unspecified atom stereocenters. The number of carbonyl (C=O) groups excluding carboxylic acids is 1. The van der Waals surface area contributed by atoms with Crippen molar-refractivity contribution in [3.8, 4) is 11.5 Å². The van der Waals surface area contributed by atoms with Gasteiger partial charge in [0.1, 0.15) is 6.23 Å². The summed E-state index contributed by atoms with van der Waals surface area (Å²) < 4.78 is 21.8. The molecule has 0 aromatic heterocycles. The number of ether oxygens (including phenoxy) is 4. The topological polar surface area (TPSA) is 66.0 Å². The van der Waals surface area contributed by atoms with Crippen LogP contribution in [0.2, 0.25) is 0 Å². The van der Waals surface area contributed by atoms with Crippen molar-refractivity contribution >= 4 is 21.8 Å². The summed E-state index contributed by atoms with van der Waals surface area (Å²) in [7, 11) is 3.20. The molecule has 0 radical (unpaired) electrons. The van der Waals surface area contributed by atoms with E-state index in [9.17, 15) is 4.79 Å². The SMILES string of the molecule is COc1ccc(COC[C@@H](CBr)O[C@H]2CC(=O)N2)cc1OC. The van der Waals surface area contributed by atoms with Crippen LogP contribution in [0, 0.1) is 0 Å². The Bertz CT molecular complexity index is 503. The van der Waals surface area contributed by atoms with E-state index < -0.39 is 0 Å². The largest absolute Gasteiger partial charge is 0.493 e. The van der Waals surface area contributed by atoms with Crippen LogP contribution in [0.4, 0.5) is 0 Å². The highest BCUT2D eigenvalue weighted by molar-refractivity contribution is 9.09. The second-order valence-electron chi connectivity index (χ2n) is 4.88. The fraction of sp³-hybridized carbons (Fsp3) is 0.533. The zero-order chi connectivity index (χ0) is 15.9. The van der Waals surface area contributed by atoms with Gasteiger partial charge in [-0.15, -0.1) is 0 Å². The lowest BCUT2D eigenvalue weighted by molar-refractivity contribution is -0.148. The Balaban J connectivity index is 1.78. The van der Waals surface area contributed by atoms with E-state index in [1.165, 1.54) is 0 Å². The Morgan fingerprint density at radius 1 is 1.32 bits per heavy atom. The number of alkyl halides is 1. The molecule has 0 saturated carbocycles. The molecule has 7 heteroatoms. The summed E-state index contributed by atoms with van der Waals surface area (Å²) in [5, 5.41) is 3.32. The summed E-state index contributed by atoms with van der Waals surface area (Å²) >= 11 is 3.39. The fourth-order valence-corrected chi connectivity index (χ4v) is 2.38. The van der Waals surface area contributed by atoms with E-state index in [0.29, 0.717) is 36.5 Å². The first-order valence-electron chi connectivity index (χ1n) is 6.95. The summed E-state index contributed by atoms with van der Waals surface area (Å²) in [5.74, 6) is 1.38. The summed E-state index contributed by atoms with van der Waals surface area (Å²) in [6.07, 6.45) is 0.115. The quantitative estimate of drug-likeness (QED) is 0.528. The van der Waals surface area contributed by atoms with Crippen LogP contribution in [0.1, 0.15) is 12.0 Å². The zero-order valence-corrected chi connectivity index (χ0v) is 14.2. The van der Waals surface area contributed by atoms with Gasteiger partial charge in [-0.2, -0.15) is 0 Å². The third kappa shape index (κ3) is 4.59. The van der Waals surface area contributed by atoms with Gasteiger partial charge in [0, 0.05) is 5.33 Å². The predicted octanol–water partition coefficient (Wildman–Crippen LogP) is 1.85. The molecular formula is C15H20BrNO5. The molecule has 0 spiro atoms. The Morgan fingerprint density at radius 3 is 2.64 bits per heavy atom. The second-order valence-corrected chi connectivity index (χ2v) is 5.52. The molecule has 122 valence electrons. The van der Waals surface area contributed by atoms with Crippen LogP contribution < -0.4 is 14.8 Å². The Kier molecular flexibility index (Phi) is 6.48. The maximum atomic E-state index is 10.8. The van der Waals surface area contributed by atoms with E-state index in [1.54, 1.807) is 14.2 Å². The molecule has 1 aliphatic rings. The van der Waals surface area contributed by atoms with Gasteiger partial charge < -0.3 is 24.3 Å². The lowest BCUT2D eigenvalue weighted by Crippen LogP contribution is -2.52. The second kappa shape index (κ2) is 8.36. The molecule has 1 fully saturated rings. The molecular weight excluding hydrogens is 354 g/mol. The third-order valence-corrected chi connectivity index (χ3v) is 3.96. The molecule has 22 heavy (non-hydrogen) atoms. The standard InChI is InChI=1S/C15H20BrNO5/c1-19-12-4-3-10(5-13(12)20-2)8-21-9-11(7-16)22-15-6-14(18)17-15/h3-5,11,15H,6-9H2,1-2H3,(H,17,18)/t11-,15+/m1/s1. The average Bonchev–Trinajstić information content (AvgIpc) is 2.51. The van der Waals surface area contributed by atoms with Gasteiger partial charge in [0.05, 0.1) is 40.0 Å². The number of β-lactam (4-membered cyclic amide) rings is 1. The summed E-state index contributed by atoms with van der Waals surface area (Å²) in [6.45, 7) is 0.885. The predicted molar refractivity (Wildman–Crippen MR) is 84.4 cm³/mol. The normalized spacial score (nSPS) is 18.3. The Labute approximate surface area is 138 Å². The highest BCUT2D eigenvalue weighted by atomic mass is 79.9. The molecule has 1 saturated heterocycles. The summed E-state index contributed by atoms with van der Waals surface area (Å²) in [5.41, 5.74) is 0.989. The first kappa shape index (κ1) is 17.1. The molecule has 2 rings (SSSR count). The van der Waals surface area contributed by atoms with E-state index in [4.69, 9.17) is 18.9 Å². The number of halogens is 1. The molecule has 1 N–H and O–H groups in total. The highest BCUT2D eigenvalue weighted by Gasteiger charge is 2.28. The molecule has 6 nitrogen and oxygen atoms in total. The average molecular weight is 374 g/mol. The van der Waals surface area contributed by atoms with Crippen LogP contribution in [-0.4, -0.2) is 44.4 Å². The number of hydrogen-bond acceptors (Lipinski definition) is 5. The van der Waals surface area contributed by atoms with E-state index >= 15 is 0 Å². The van der Waals surface area contributed by atoms with Crippen molar-refractivity contribution in [1.82, 2.24) is 5.32 Å². The minimum Gasteiger partial charge on any atom is -0.493 e. The summed E-state index contributed by atoms with van der Waals surface area (Å²) in [6, 6.07) is 5.66. The molecule has 0 aliphatic carbocycles. The van der Waals surface area contributed by atoms with Crippen LogP contribution in [-0.2, 0) is 20.9 Å². The van der Waals surface area contributed by atoms with E-state index in [1.807, 2.05) is 18.2 Å². The van der Waals surface area contributed by atoms with Gasteiger partial charge in [0.2, 0.25) is 5.91 Å². The zero-order valence-electron chi connectivity index (χ0n) is 12.6. The number of carbonyl (C=O) groups is 1. The molecule has 1 amide bonds. The van der Waals surface area contributed by atoms with Gasteiger partial charge in [0.25, 0.3) is 0 Å². The minimum atomic E-state index is -0.195. The van der Waals surface area contributed by atoms with Gasteiger partial charge in [-0.05, 0) is 17.7 Å². The molecule has 1 aromatic carbocycles. The Hall–Kier alpha value is -1.31. The van der Waals surface area contributed by atoms with Gasteiger partial charge >= 0.3 is 0 Å². The van der Waals surface area contributed by atoms with Crippen molar-refractivity contribution in [2.24, 2.45) is 0 Å². The first-order valence-corrected chi connectivity index (χ1v) is 8.07. The van der Waals surface area contributed by atoms with Crippen molar-refractivity contribution in [2.75, 3.05) is 26.2 Å². The fourth-order valence-electron chi connectivity index (χ4n) is 2.04. The van der Waals surface area contributed by atoms with Crippen molar-refractivity contribution in [2.45, 2.75) is 25.4 Å². The van der Waals surface area contributed by atoms with E-state index in [-0.39, 0.29) is 18.2 Å². The number of methoxy groups -OCH3 is 2. The van der Waals surface area contributed by atoms with Crippen molar-refractivity contribution < 1.29 is 23.7 Å². The Morgan fingerprint density at radius 2 is 2.05 bits per heavy atom. The molecule has 0 bridgehead atoms. The van der Waals surface area contributed by atoms with Crippen molar-refractivity contribution in [3.05, 3.63) is 23.8 Å².